The van der Waals surface area contributed by atoms with E-state index in [1.54, 1.807) is 18.6 Å². The number of aromatic nitrogens is 5. The molecule has 4 heterocycles. The summed E-state index contributed by atoms with van der Waals surface area (Å²) in [4.78, 5) is 26.8. The van der Waals surface area contributed by atoms with Gasteiger partial charge in [-0.05, 0) is 55.5 Å². The largest absolute Gasteiger partial charge is 0.364 e. The van der Waals surface area contributed by atoms with Crippen LogP contribution in [-0.2, 0) is 19.4 Å². The molecule has 0 bridgehead atoms. The van der Waals surface area contributed by atoms with Crippen molar-refractivity contribution >= 4 is 0 Å². The Labute approximate surface area is 186 Å². The normalized spacial score (nSPS) is 15.2. The van der Waals surface area contributed by atoms with Gasteiger partial charge < -0.3 is 10.1 Å². The van der Waals surface area contributed by atoms with Crippen LogP contribution >= 0.6 is 0 Å². The quantitative estimate of drug-likeness (QED) is 0.420. The van der Waals surface area contributed by atoms with Crippen LogP contribution in [-0.4, -0.2) is 43.1 Å². The Balaban J connectivity index is 1.18. The summed E-state index contributed by atoms with van der Waals surface area (Å²) in [5.41, 5.74) is 5.54. The minimum atomic E-state index is -0.186. The van der Waals surface area contributed by atoms with E-state index in [0.717, 1.165) is 36.9 Å². The maximum Gasteiger partial charge on any atom is 0.273 e. The van der Waals surface area contributed by atoms with Crippen molar-refractivity contribution in [1.29, 1.82) is 0 Å². The van der Waals surface area contributed by atoms with Gasteiger partial charge in [0.15, 0.2) is 0 Å². The van der Waals surface area contributed by atoms with Crippen LogP contribution in [0.5, 0.6) is 0 Å². The fraction of sp³-hybridized carbons (Fsp3) is 0.320. The minimum Gasteiger partial charge on any atom is -0.364 e. The zero-order valence-electron chi connectivity index (χ0n) is 18.1. The summed E-state index contributed by atoms with van der Waals surface area (Å²) in [6.45, 7) is 3.24. The Kier molecular flexibility index (Phi) is 5.98. The van der Waals surface area contributed by atoms with Gasteiger partial charge in [-0.15, -0.1) is 0 Å². The molecule has 0 unspecified atom stereocenters. The molecule has 7 nitrogen and oxygen atoms in total. The van der Waals surface area contributed by atoms with Gasteiger partial charge in [-0.1, -0.05) is 30.3 Å². The van der Waals surface area contributed by atoms with Crippen LogP contribution < -0.4 is 5.56 Å². The molecule has 164 valence electrons. The highest BCUT2D eigenvalue weighted by Gasteiger charge is 2.20. The molecule has 0 spiro atoms. The third kappa shape index (κ3) is 4.73. The predicted molar refractivity (Wildman–Crippen MR) is 124 cm³/mol. The molecule has 0 radical (unpaired) electrons. The van der Waals surface area contributed by atoms with Gasteiger partial charge >= 0.3 is 0 Å². The molecular formula is C25H28N6O. The third-order valence-electron chi connectivity index (χ3n) is 6.32. The zero-order chi connectivity index (χ0) is 21.8. The second-order valence-electron chi connectivity index (χ2n) is 8.63. The van der Waals surface area contributed by atoms with Gasteiger partial charge in [-0.3, -0.25) is 24.8 Å². The van der Waals surface area contributed by atoms with Crippen molar-refractivity contribution in [3.63, 3.8) is 0 Å². The molecule has 4 aromatic rings. The molecule has 0 atom stereocenters. The van der Waals surface area contributed by atoms with Crippen LogP contribution in [0.25, 0.3) is 11.3 Å². The number of likely N-dealkylation sites (tertiary alicyclic amines) is 1. The summed E-state index contributed by atoms with van der Waals surface area (Å²) in [6, 6.07) is 13.0. The minimum absolute atomic E-state index is 0.186. The number of aromatic amines is 3. The average Bonchev–Trinajstić information content (AvgIpc) is 3.45. The Hall–Kier alpha value is -3.45. The van der Waals surface area contributed by atoms with E-state index < -0.39 is 0 Å². The van der Waals surface area contributed by atoms with Gasteiger partial charge in [0.1, 0.15) is 0 Å². The smallest absolute Gasteiger partial charge is 0.273 e. The SMILES string of the molecule is O=c1[nH][nH]cc1-c1nccnc1Cc1cc(CN2CCC(Cc3ccccc3)CC2)c[nH]1. The monoisotopic (exact) mass is 428 g/mol. The summed E-state index contributed by atoms with van der Waals surface area (Å²) >= 11 is 0. The number of hydrogen-bond donors (Lipinski definition) is 3. The third-order valence-corrected chi connectivity index (χ3v) is 6.32. The van der Waals surface area contributed by atoms with Crippen molar-refractivity contribution in [1.82, 2.24) is 30.0 Å². The van der Waals surface area contributed by atoms with E-state index in [0.29, 0.717) is 17.7 Å². The van der Waals surface area contributed by atoms with E-state index >= 15 is 0 Å². The van der Waals surface area contributed by atoms with Gasteiger partial charge in [0.25, 0.3) is 5.56 Å². The van der Waals surface area contributed by atoms with Crippen molar-refractivity contribution in [2.24, 2.45) is 5.92 Å². The van der Waals surface area contributed by atoms with Gasteiger partial charge in [-0.2, -0.15) is 0 Å². The summed E-state index contributed by atoms with van der Waals surface area (Å²) < 4.78 is 0. The van der Waals surface area contributed by atoms with Crippen molar-refractivity contribution in [3.05, 3.63) is 94.1 Å². The topological polar surface area (TPSA) is 93.5 Å². The zero-order valence-corrected chi connectivity index (χ0v) is 18.1. The molecule has 1 aliphatic heterocycles. The molecule has 7 heteroatoms. The van der Waals surface area contributed by atoms with Crippen molar-refractivity contribution < 1.29 is 0 Å². The highest BCUT2D eigenvalue weighted by molar-refractivity contribution is 5.59. The number of benzene rings is 1. The number of nitrogens with one attached hydrogen (secondary N) is 3. The van der Waals surface area contributed by atoms with E-state index in [-0.39, 0.29) is 5.56 Å². The van der Waals surface area contributed by atoms with Gasteiger partial charge in [-0.25, -0.2) is 0 Å². The lowest BCUT2D eigenvalue weighted by Crippen LogP contribution is -2.33. The molecular weight excluding hydrogens is 400 g/mol. The first-order valence-electron chi connectivity index (χ1n) is 11.2. The summed E-state index contributed by atoms with van der Waals surface area (Å²) in [5, 5.41) is 5.30. The fourth-order valence-corrected chi connectivity index (χ4v) is 4.62. The van der Waals surface area contributed by atoms with Crippen molar-refractivity contribution in [2.45, 2.75) is 32.2 Å². The van der Waals surface area contributed by atoms with E-state index in [9.17, 15) is 4.79 Å². The van der Waals surface area contributed by atoms with Crippen LogP contribution in [0.1, 0.15) is 35.4 Å². The Morgan fingerprint density at radius 1 is 1.00 bits per heavy atom. The Morgan fingerprint density at radius 3 is 2.59 bits per heavy atom. The highest BCUT2D eigenvalue weighted by Crippen LogP contribution is 2.24. The van der Waals surface area contributed by atoms with Crippen LogP contribution in [0.2, 0.25) is 0 Å². The fourth-order valence-electron chi connectivity index (χ4n) is 4.62. The molecule has 0 amide bonds. The van der Waals surface area contributed by atoms with Gasteiger partial charge in [0.05, 0.1) is 17.0 Å². The van der Waals surface area contributed by atoms with E-state index in [1.807, 2.05) is 0 Å². The van der Waals surface area contributed by atoms with Crippen LogP contribution in [0.4, 0.5) is 0 Å². The molecule has 3 aromatic heterocycles. The first-order valence-corrected chi connectivity index (χ1v) is 11.2. The molecule has 32 heavy (non-hydrogen) atoms. The molecule has 3 N–H and O–H groups in total. The van der Waals surface area contributed by atoms with Gasteiger partial charge in [0.2, 0.25) is 0 Å². The molecule has 1 aliphatic rings. The molecule has 1 saturated heterocycles. The van der Waals surface area contributed by atoms with E-state index in [2.05, 4.69) is 72.6 Å². The van der Waals surface area contributed by atoms with Crippen LogP contribution in [0, 0.1) is 5.92 Å². The molecule has 1 fully saturated rings. The number of hydrogen-bond acceptors (Lipinski definition) is 4. The lowest BCUT2D eigenvalue weighted by molar-refractivity contribution is 0.177. The Morgan fingerprint density at radius 2 is 1.81 bits per heavy atom. The molecule has 5 rings (SSSR count). The summed E-state index contributed by atoms with van der Waals surface area (Å²) in [5.74, 6) is 0.780. The second kappa shape index (κ2) is 9.36. The van der Waals surface area contributed by atoms with E-state index in [1.165, 1.54) is 30.4 Å². The number of nitrogens with zero attached hydrogens (tertiary/aromatic N) is 3. The maximum atomic E-state index is 12.0. The summed E-state index contributed by atoms with van der Waals surface area (Å²) in [7, 11) is 0. The predicted octanol–water partition coefficient (Wildman–Crippen LogP) is 3.53. The van der Waals surface area contributed by atoms with Crippen molar-refractivity contribution in [3.8, 4) is 11.3 Å². The summed E-state index contributed by atoms with van der Waals surface area (Å²) in [6.07, 6.45) is 11.3. The average molecular weight is 429 g/mol. The number of H-pyrrole nitrogens is 3. The second-order valence-corrected chi connectivity index (χ2v) is 8.63. The van der Waals surface area contributed by atoms with Gasteiger partial charge in [0, 0.05) is 43.4 Å². The number of piperidine rings is 1. The van der Waals surface area contributed by atoms with Crippen molar-refractivity contribution in [2.75, 3.05) is 13.1 Å². The first-order chi connectivity index (χ1) is 15.7. The lowest BCUT2D eigenvalue weighted by atomic mass is 9.90. The van der Waals surface area contributed by atoms with Crippen LogP contribution in [0.15, 0.2) is 66.0 Å². The molecule has 0 saturated carbocycles. The van der Waals surface area contributed by atoms with E-state index in [4.69, 9.17) is 0 Å². The first kappa shape index (κ1) is 20.5. The number of rotatable bonds is 7. The van der Waals surface area contributed by atoms with Crippen LogP contribution in [0.3, 0.4) is 0 Å². The molecule has 0 aliphatic carbocycles. The lowest BCUT2D eigenvalue weighted by Gasteiger charge is -2.31. The maximum absolute atomic E-state index is 12.0. The molecule has 1 aromatic carbocycles. The standard InChI is InChI=1S/C25H28N6O/c32-25-22(16-29-30-25)24-23(26-8-9-27-24)14-21-13-20(15-28-21)17-31-10-6-19(7-11-31)12-18-4-2-1-3-5-18/h1-5,8-9,13,15-16,19,28H,6-7,10-12,14,17H2,(H2,29,30,32). The Bertz CT molecular complexity index is 1200. The highest BCUT2D eigenvalue weighted by atomic mass is 16.1.